The minimum Gasteiger partial charge on any atom is -0.383 e. The van der Waals surface area contributed by atoms with Crippen molar-refractivity contribution in [3.63, 3.8) is 0 Å². The molecule has 0 unspecified atom stereocenters. The number of methoxy groups -OCH3 is 1. The van der Waals surface area contributed by atoms with Gasteiger partial charge in [0.05, 0.1) is 28.8 Å². The molecule has 0 spiro atoms. The van der Waals surface area contributed by atoms with Crippen molar-refractivity contribution >= 4 is 34.7 Å². The Morgan fingerprint density at radius 2 is 1.86 bits per heavy atom. The molecule has 1 aliphatic carbocycles. The van der Waals surface area contributed by atoms with E-state index >= 15 is 0 Å². The summed E-state index contributed by atoms with van der Waals surface area (Å²) in [5.74, 6) is 0.790. The first kappa shape index (κ1) is 27.9. The molecule has 2 aromatic heterocycles. The molecule has 37 heavy (non-hydrogen) atoms. The van der Waals surface area contributed by atoms with Crippen molar-refractivity contribution < 1.29 is 9.47 Å². The predicted octanol–water partition coefficient (Wildman–Crippen LogP) is 5.53. The van der Waals surface area contributed by atoms with Crippen molar-refractivity contribution in [2.45, 2.75) is 63.6 Å². The molecule has 4 rings (SSSR count). The molecule has 2 fully saturated rings. The summed E-state index contributed by atoms with van der Waals surface area (Å²) in [5.41, 5.74) is 1.87. The van der Waals surface area contributed by atoms with Gasteiger partial charge in [0.15, 0.2) is 5.15 Å². The van der Waals surface area contributed by atoms with Gasteiger partial charge in [0.2, 0.25) is 0 Å². The van der Waals surface area contributed by atoms with E-state index in [-0.39, 0.29) is 0 Å². The maximum absolute atomic E-state index is 9.76. The quantitative estimate of drug-likeness (QED) is 0.334. The standard InChI is InChI=1S/C27H36Cl2N6O2/c1-18(15-36-2)34-20-3-5-21(6-4-20)35-25-12-22(23(28)14-31-25)19-11-24(26(29)32-13-19)33-17-27(16-30)7-9-37-10-8-27/h11-14,18,20-21,33-34H,3-10,15,17H2,1-2H3,(H,31,35)/t18-,20?,21?/m1/s1. The molecule has 1 saturated carbocycles. The largest absolute Gasteiger partial charge is 0.383 e. The van der Waals surface area contributed by atoms with Crippen molar-refractivity contribution in [1.29, 1.82) is 5.26 Å². The van der Waals surface area contributed by atoms with Gasteiger partial charge in [-0.1, -0.05) is 23.2 Å². The molecule has 1 aliphatic heterocycles. The van der Waals surface area contributed by atoms with E-state index in [4.69, 9.17) is 32.7 Å². The lowest BCUT2D eigenvalue weighted by molar-refractivity contribution is 0.0456. The fourth-order valence-electron chi connectivity index (χ4n) is 5.13. The van der Waals surface area contributed by atoms with Crippen LogP contribution in [-0.4, -0.2) is 61.6 Å². The van der Waals surface area contributed by atoms with Crippen LogP contribution in [0.1, 0.15) is 45.4 Å². The molecule has 3 N–H and O–H groups in total. The summed E-state index contributed by atoms with van der Waals surface area (Å²) in [7, 11) is 1.74. The second kappa shape index (κ2) is 13.1. The highest BCUT2D eigenvalue weighted by molar-refractivity contribution is 6.33. The number of pyridine rings is 2. The number of aromatic nitrogens is 2. The topological polar surface area (TPSA) is 104 Å². The Morgan fingerprint density at radius 3 is 2.57 bits per heavy atom. The van der Waals surface area contributed by atoms with E-state index in [1.807, 2.05) is 12.1 Å². The summed E-state index contributed by atoms with van der Waals surface area (Å²) in [5, 5.41) is 21.3. The van der Waals surface area contributed by atoms with E-state index in [1.165, 1.54) is 0 Å². The molecule has 10 heteroatoms. The summed E-state index contributed by atoms with van der Waals surface area (Å²) in [6, 6.07) is 7.61. The second-order valence-corrected chi connectivity index (χ2v) is 11.0. The fourth-order valence-corrected chi connectivity index (χ4v) is 5.51. The molecule has 2 aromatic rings. The number of hydrogen-bond acceptors (Lipinski definition) is 8. The van der Waals surface area contributed by atoms with E-state index in [0.717, 1.165) is 49.2 Å². The molecular weight excluding hydrogens is 511 g/mol. The first-order valence-corrected chi connectivity index (χ1v) is 13.7. The zero-order valence-corrected chi connectivity index (χ0v) is 23.0. The Balaban J connectivity index is 1.41. The Morgan fingerprint density at radius 1 is 1.14 bits per heavy atom. The Kier molecular flexibility index (Phi) is 9.85. The summed E-state index contributed by atoms with van der Waals surface area (Å²) in [6.07, 6.45) is 9.13. The molecule has 1 saturated heterocycles. The number of hydrogen-bond donors (Lipinski definition) is 3. The number of rotatable bonds is 10. The van der Waals surface area contributed by atoms with E-state index in [9.17, 15) is 5.26 Å². The van der Waals surface area contributed by atoms with E-state index in [1.54, 1.807) is 19.5 Å². The first-order chi connectivity index (χ1) is 17.9. The number of nitrogens with zero attached hydrogens (tertiary/aromatic N) is 3. The molecule has 0 amide bonds. The van der Waals surface area contributed by atoms with Gasteiger partial charge in [-0.3, -0.25) is 0 Å². The zero-order valence-electron chi connectivity index (χ0n) is 21.5. The van der Waals surface area contributed by atoms with Gasteiger partial charge in [0.25, 0.3) is 0 Å². The van der Waals surface area contributed by atoms with E-state index in [0.29, 0.717) is 66.6 Å². The fraction of sp³-hybridized carbons (Fsp3) is 0.593. The van der Waals surface area contributed by atoms with Crippen LogP contribution in [0.25, 0.3) is 11.1 Å². The molecule has 3 heterocycles. The van der Waals surface area contributed by atoms with E-state index < -0.39 is 5.41 Å². The van der Waals surface area contributed by atoms with Crippen molar-refractivity contribution in [3.8, 4) is 17.2 Å². The smallest absolute Gasteiger partial charge is 0.152 e. The van der Waals surface area contributed by atoms with Crippen LogP contribution < -0.4 is 16.0 Å². The van der Waals surface area contributed by atoms with Crippen molar-refractivity contribution in [2.24, 2.45) is 5.41 Å². The lowest BCUT2D eigenvalue weighted by atomic mass is 9.81. The Labute approximate surface area is 229 Å². The van der Waals surface area contributed by atoms with E-state index in [2.05, 4.69) is 38.9 Å². The summed E-state index contributed by atoms with van der Waals surface area (Å²) in [6.45, 7) is 4.55. The normalized spacial score (nSPS) is 22.1. The van der Waals surface area contributed by atoms with Crippen LogP contribution in [0.4, 0.5) is 11.5 Å². The van der Waals surface area contributed by atoms with Gasteiger partial charge in [-0.15, -0.1) is 0 Å². The highest BCUT2D eigenvalue weighted by atomic mass is 35.5. The van der Waals surface area contributed by atoms with Crippen LogP contribution in [0.15, 0.2) is 24.5 Å². The SMILES string of the molecule is COC[C@@H](C)NC1CCC(Nc2cc(-c3cnc(Cl)c(NCC4(C#N)CCOCC4)c3)c(Cl)cn2)CC1. The molecule has 1 atom stereocenters. The van der Waals surface area contributed by atoms with Crippen LogP contribution in [0, 0.1) is 16.7 Å². The van der Waals surface area contributed by atoms with Gasteiger partial charge in [-0.05, 0) is 57.6 Å². The third-order valence-electron chi connectivity index (χ3n) is 7.33. The van der Waals surface area contributed by atoms with Crippen LogP contribution in [-0.2, 0) is 9.47 Å². The van der Waals surface area contributed by atoms with Crippen molar-refractivity contribution in [3.05, 3.63) is 34.7 Å². The third-order valence-corrected chi connectivity index (χ3v) is 7.93. The number of nitrogens with one attached hydrogen (secondary N) is 3. The third kappa shape index (κ3) is 7.46. The average molecular weight is 548 g/mol. The zero-order chi connectivity index (χ0) is 26.3. The monoisotopic (exact) mass is 546 g/mol. The van der Waals surface area contributed by atoms with Crippen LogP contribution in [0.5, 0.6) is 0 Å². The van der Waals surface area contributed by atoms with Crippen LogP contribution >= 0.6 is 23.2 Å². The first-order valence-electron chi connectivity index (χ1n) is 13.0. The maximum atomic E-state index is 9.76. The van der Waals surface area contributed by atoms with Crippen LogP contribution in [0.3, 0.4) is 0 Å². The van der Waals surface area contributed by atoms with Gasteiger partial charge in [0, 0.05) is 68.5 Å². The molecule has 8 nitrogen and oxygen atoms in total. The van der Waals surface area contributed by atoms with Gasteiger partial charge in [0.1, 0.15) is 5.82 Å². The molecule has 0 radical (unpaired) electrons. The minimum absolute atomic E-state index is 0.356. The predicted molar refractivity (Wildman–Crippen MR) is 148 cm³/mol. The molecular formula is C27H36Cl2N6O2. The van der Waals surface area contributed by atoms with Gasteiger partial charge in [-0.25, -0.2) is 9.97 Å². The molecule has 0 bridgehead atoms. The minimum atomic E-state index is -0.473. The lowest BCUT2D eigenvalue weighted by Gasteiger charge is -2.32. The molecule has 200 valence electrons. The summed E-state index contributed by atoms with van der Waals surface area (Å²) in [4.78, 5) is 8.90. The number of anilines is 2. The van der Waals surface area contributed by atoms with Crippen molar-refractivity contribution in [1.82, 2.24) is 15.3 Å². The van der Waals surface area contributed by atoms with Gasteiger partial charge < -0.3 is 25.4 Å². The van der Waals surface area contributed by atoms with Crippen molar-refractivity contribution in [2.75, 3.05) is 44.1 Å². The summed E-state index contributed by atoms with van der Waals surface area (Å²) >= 11 is 13.0. The maximum Gasteiger partial charge on any atom is 0.152 e. The number of ether oxygens (including phenoxy) is 2. The highest BCUT2D eigenvalue weighted by Gasteiger charge is 2.32. The average Bonchev–Trinajstić information content (AvgIpc) is 2.91. The summed E-state index contributed by atoms with van der Waals surface area (Å²) < 4.78 is 10.7. The van der Waals surface area contributed by atoms with Crippen LogP contribution in [0.2, 0.25) is 10.2 Å². The molecule has 2 aliphatic rings. The lowest BCUT2D eigenvalue weighted by Crippen LogP contribution is -2.42. The Hall–Kier alpha value is -2.15. The molecule has 0 aromatic carbocycles. The van der Waals surface area contributed by atoms with Gasteiger partial charge >= 0.3 is 0 Å². The Bertz CT molecular complexity index is 1080. The van der Waals surface area contributed by atoms with Gasteiger partial charge in [-0.2, -0.15) is 5.26 Å². The number of halogens is 2. The second-order valence-electron chi connectivity index (χ2n) is 10.2. The number of nitriles is 1. The highest BCUT2D eigenvalue weighted by Crippen LogP contribution is 2.35.